The van der Waals surface area contributed by atoms with Gasteiger partial charge in [-0.05, 0) is 29.8 Å². The van der Waals surface area contributed by atoms with Gasteiger partial charge >= 0.3 is 0 Å². The first-order valence-electron chi connectivity index (χ1n) is 12.2. The van der Waals surface area contributed by atoms with Gasteiger partial charge in [0.25, 0.3) is 5.91 Å². The molecule has 3 aliphatic rings. The largest absolute Gasteiger partial charge is 0.485 e. The number of nitrogens with one attached hydrogen (secondary N) is 1. The van der Waals surface area contributed by atoms with E-state index in [1.54, 1.807) is 4.90 Å². The molecule has 9 nitrogen and oxygen atoms in total. The summed E-state index contributed by atoms with van der Waals surface area (Å²) in [6, 6.07) is 15.4. The van der Waals surface area contributed by atoms with E-state index in [9.17, 15) is 9.59 Å². The highest BCUT2D eigenvalue weighted by Crippen LogP contribution is 2.31. The topological polar surface area (TPSA) is 83.6 Å². The van der Waals surface area contributed by atoms with E-state index >= 15 is 0 Å². The number of rotatable bonds is 6. The second-order valence-corrected chi connectivity index (χ2v) is 9.10. The van der Waals surface area contributed by atoms with Gasteiger partial charge in [-0.3, -0.25) is 19.4 Å². The predicted octanol–water partition coefficient (Wildman–Crippen LogP) is 1.44. The number of hydrogen-bond acceptors (Lipinski definition) is 7. The molecule has 9 heteroatoms. The maximum Gasteiger partial charge on any atom is 0.267 e. The lowest BCUT2D eigenvalue weighted by molar-refractivity contribution is -0.143. The van der Waals surface area contributed by atoms with Crippen LogP contribution in [0.2, 0.25) is 0 Å². The summed E-state index contributed by atoms with van der Waals surface area (Å²) in [7, 11) is 0. The lowest BCUT2D eigenvalue weighted by atomic mass is 10.2. The molecular weight excluding hydrogens is 448 g/mol. The molecule has 0 saturated carbocycles. The number of ether oxygens (including phenoxy) is 3. The average Bonchev–Trinajstić information content (AvgIpc) is 2.90. The van der Waals surface area contributed by atoms with Crippen LogP contribution < -0.4 is 14.8 Å². The van der Waals surface area contributed by atoms with Gasteiger partial charge in [-0.2, -0.15) is 0 Å². The third-order valence-corrected chi connectivity index (χ3v) is 6.58. The van der Waals surface area contributed by atoms with Crippen LogP contribution in [0, 0.1) is 0 Å². The molecule has 0 radical (unpaired) electrons. The van der Waals surface area contributed by atoms with Gasteiger partial charge in [-0.15, -0.1) is 0 Å². The highest BCUT2D eigenvalue weighted by molar-refractivity contribution is 5.92. The molecule has 3 heterocycles. The van der Waals surface area contributed by atoms with Gasteiger partial charge in [0.1, 0.15) is 6.61 Å². The molecule has 1 atom stereocenters. The van der Waals surface area contributed by atoms with Crippen LogP contribution in [0.15, 0.2) is 48.5 Å². The number of anilines is 1. The van der Waals surface area contributed by atoms with Crippen LogP contribution in [-0.2, 0) is 20.9 Å². The quantitative estimate of drug-likeness (QED) is 0.670. The Kier molecular flexibility index (Phi) is 7.46. The zero-order valence-electron chi connectivity index (χ0n) is 19.9. The Balaban J connectivity index is 1.04. The first-order chi connectivity index (χ1) is 17.1. The minimum atomic E-state index is -0.633. The fourth-order valence-electron chi connectivity index (χ4n) is 4.59. The molecule has 2 aromatic carbocycles. The van der Waals surface area contributed by atoms with E-state index in [0.717, 1.165) is 38.5 Å². The Hall–Kier alpha value is -3.14. The third-order valence-electron chi connectivity index (χ3n) is 6.58. The fourth-order valence-corrected chi connectivity index (χ4v) is 4.59. The Labute approximate surface area is 205 Å². The number of fused-ring (bicyclic) bond motifs is 1. The second kappa shape index (κ2) is 11.1. The Morgan fingerprint density at radius 1 is 0.857 bits per heavy atom. The van der Waals surface area contributed by atoms with Crippen molar-refractivity contribution in [3.63, 3.8) is 0 Å². The van der Waals surface area contributed by atoms with Crippen molar-refractivity contribution in [2.75, 3.05) is 71.0 Å². The van der Waals surface area contributed by atoms with Gasteiger partial charge in [0.05, 0.1) is 19.8 Å². The number of morpholine rings is 1. The summed E-state index contributed by atoms with van der Waals surface area (Å²) in [5, 5.41) is 2.98. The van der Waals surface area contributed by atoms with Crippen molar-refractivity contribution in [3.8, 4) is 11.5 Å². The minimum Gasteiger partial charge on any atom is -0.485 e. The van der Waals surface area contributed by atoms with Crippen LogP contribution in [0.5, 0.6) is 11.5 Å². The molecule has 2 amide bonds. The molecule has 0 spiro atoms. The van der Waals surface area contributed by atoms with Crippen LogP contribution in [-0.4, -0.2) is 98.3 Å². The standard InChI is InChI=1S/C26H32N4O5/c31-25(27-21-7-5-20(6-8-21)17-29-13-15-33-16-14-29)18-28-9-11-30(12-10-28)26(32)24-19-34-22-3-1-2-4-23(22)35-24/h1-8,24H,9-19H2,(H,27,31)/t24-/m0/s1. The maximum atomic E-state index is 12.9. The molecule has 0 unspecified atom stereocenters. The number of carbonyl (C=O) groups excluding carboxylic acids is 2. The van der Waals surface area contributed by atoms with Gasteiger partial charge in [0.2, 0.25) is 12.0 Å². The Morgan fingerprint density at radius 2 is 1.57 bits per heavy atom. The van der Waals surface area contributed by atoms with Gasteiger partial charge < -0.3 is 24.4 Å². The predicted molar refractivity (Wildman–Crippen MR) is 131 cm³/mol. The number of amides is 2. The first kappa shape index (κ1) is 23.6. The van der Waals surface area contributed by atoms with Crippen molar-refractivity contribution < 1.29 is 23.8 Å². The van der Waals surface area contributed by atoms with Crippen molar-refractivity contribution in [2.24, 2.45) is 0 Å². The molecule has 0 aliphatic carbocycles. The number of benzene rings is 2. The Morgan fingerprint density at radius 3 is 2.31 bits per heavy atom. The average molecular weight is 481 g/mol. The van der Waals surface area contributed by atoms with Crippen LogP contribution in [0.25, 0.3) is 0 Å². The number of para-hydroxylation sites is 2. The normalized spacial score (nSPS) is 20.9. The van der Waals surface area contributed by atoms with Crippen LogP contribution in [0.1, 0.15) is 5.56 Å². The summed E-state index contributed by atoms with van der Waals surface area (Å²) in [6.45, 7) is 7.28. The minimum absolute atomic E-state index is 0.0497. The summed E-state index contributed by atoms with van der Waals surface area (Å²) in [5.74, 6) is 1.15. The fraction of sp³-hybridized carbons (Fsp3) is 0.462. The van der Waals surface area contributed by atoms with Gasteiger partial charge in [-0.25, -0.2) is 0 Å². The molecule has 186 valence electrons. The van der Waals surface area contributed by atoms with Gasteiger partial charge in [0, 0.05) is 51.5 Å². The summed E-state index contributed by atoms with van der Waals surface area (Å²) >= 11 is 0. The van der Waals surface area contributed by atoms with Gasteiger partial charge in [0.15, 0.2) is 11.5 Å². The third kappa shape index (κ3) is 6.11. The molecule has 3 aliphatic heterocycles. The van der Waals surface area contributed by atoms with Crippen molar-refractivity contribution in [3.05, 3.63) is 54.1 Å². The molecule has 0 bridgehead atoms. The van der Waals surface area contributed by atoms with Crippen LogP contribution >= 0.6 is 0 Å². The van der Waals surface area contributed by atoms with E-state index in [1.165, 1.54) is 5.56 Å². The van der Waals surface area contributed by atoms with Crippen molar-refractivity contribution in [1.82, 2.24) is 14.7 Å². The van der Waals surface area contributed by atoms with E-state index in [4.69, 9.17) is 14.2 Å². The van der Waals surface area contributed by atoms with Crippen molar-refractivity contribution in [2.45, 2.75) is 12.6 Å². The van der Waals surface area contributed by atoms with E-state index in [-0.39, 0.29) is 18.4 Å². The van der Waals surface area contributed by atoms with Crippen molar-refractivity contribution in [1.29, 1.82) is 0 Å². The SMILES string of the molecule is O=C(CN1CCN(C(=O)[C@@H]2COc3ccccc3O2)CC1)Nc1ccc(CN2CCOCC2)cc1. The molecule has 35 heavy (non-hydrogen) atoms. The first-order valence-corrected chi connectivity index (χ1v) is 12.2. The van der Waals surface area contributed by atoms with Crippen LogP contribution in [0.3, 0.4) is 0 Å². The van der Waals surface area contributed by atoms with Gasteiger partial charge in [-0.1, -0.05) is 24.3 Å². The molecule has 5 rings (SSSR count). The van der Waals surface area contributed by atoms with E-state index in [0.29, 0.717) is 44.2 Å². The second-order valence-electron chi connectivity index (χ2n) is 9.10. The van der Waals surface area contributed by atoms with Crippen molar-refractivity contribution >= 4 is 17.5 Å². The van der Waals surface area contributed by atoms with E-state index < -0.39 is 6.10 Å². The van der Waals surface area contributed by atoms with E-state index in [2.05, 4.69) is 27.2 Å². The zero-order chi connectivity index (χ0) is 24.0. The molecule has 2 fully saturated rings. The lowest BCUT2D eigenvalue weighted by Crippen LogP contribution is -2.54. The monoisotopic (exact) mass is 480 g/mol. The summed E-state index contributed by atoms with van der Waals surface area (Å²) in [5.41, 5.74) is 2.02. The Bertz CT molecular complexity index is 1020. The lowest BCUT2D eigenvalue weighted by Gasteiger charge is -2.36. The number of carbonyl (C=O) groups is 2. The number of hydrogen-bond donors (Lipinski definition) is 1. The zero-order valence-corrected chi connectivity index (χ0v) is 19.9. The molecule has 2 aromatic rings. The van der Waals surface area contributed by atoms with E-state index in [1.807, 2.05) is 36.4 Å². The molecule has 2 saturated heterocycles. The highest BCUT2D eigenvalue weighted by Gasteiger charge is 2.32. The molecular formula is C26H32N4O5. The van der Waals surface area contributed by atoms with Crippen LogP contribution in [0.4, 0.5) is 5.69 Å². The highest BCUT2D eigenvalue weighted by atomic mass is 16.6. The number of piperazine rings is 1. The summed E-state index contributed by atoms with van der Waals surface area (Å²) in [4.78, 5) is 31.7. The maximum absolute atomic E-state index is 12.9. The smallest absolute Gasteiger partial charge is 0.267 e. The molecule has 1 N–H and O–H groups in total. The summed E-state index contributed by atoms with van der Waals surface area (Å²) in [6.07, 6.45) is -0.633. The molecule has 0 aromatic heterocycles. The number of nitrogens with zero attached hydrogens (tertiary/aromatic N) is 3. The summed E-state index contributed by atoms with van der Waals surface area (Å²) < 4.78 is 16.9.